The third-order valence-electron chi connectivity index (χ3n) is 2.63. The summed E-state index contributed by atoms with van der Waals surface area (Å²) in [7, 11) is 0. The Hall–Kier alpha value is -2.96. The minimum Gasteiger partial charge on any atom is -0.478 e. The van der Waals surface area contributed by atoms with E-state index in [4.69, 9.17) is 14.6 Å². The Kier molecular flexibility index (Phi) is 7.77. The highest BCUT2D eigenvalue weighted by atomic mass is 16.5. The summed E-state index contributed by atoms with van der Waals surface area (Å²) < 4.78 is 9.81. The second-order valence-electron chi connectivity index (χ2n) is 4.46. The third-order valence-corrected chi connectivity index (χ3v) is 2.63. The lowest BCUT2D eigenvalue weighted by Crippen LogP contribution is -2.09. The van der Waals surface area contributed by atoms with Crippen LogP contribution in [0, 0.1) is 0 Å². The molecule has 1 aromatic carbocycles. The van der Waals surface area contributed by atoms with E-state index in [2.05, 4.69) is 0 Å². The van der Waals surface area contributed by atoms with Crippen molar-refractivity contribution in [3.05, 3.63) is 42.0 Å². The number of unbranched alkanes of at least 4 members (excludes halogenated alkanes) is 1. The minimum absolute atomic E-state index is 0.0874. The zero-order valence-electron chi connectivity index (χ0n) is 12.3. The van der Waals surface area contributed by atoms with Gasteiger partial charge < -0.3 is 14.6 Å². The molecule has 0 spiro atoms. The van der Waals surface area contributed by atoms with Crippen molar-refractivity contribution in [1.29, 1.82) is 0 Å². The predicted octanol–water partition coefficient (Wildman–Crippen LogP) is 1.76. The van der Waals surface area contributed by atoms with E-state index in [1.165, 1.54) is 12.1 Å². The molecule has 1 rings (SSSR count). The molecule has 0 unspecified atom stereocenters. The van der Waals surface area contributed by atoms with Gasteiger partial charge in [0.05, 0.1) is 6.61 Å². The number of hydrogen-bond acceptors (Lipinski definition) is 6. The van der Waals surface area contributed by atoms with Crippen LogP contribution in [0.1, 0.15) is 29.6 Å². The van der Waals surface area contributed by atoms with Crippen molar-refractivity contribution in [1.82, 2.24) is 0 Å². The molecule has 7 nitrogen and oxygen atoms in total. The maximum Gasteiger partial charge on any atom is 0.331 e. The van der Waals surface area contributed by atoms with Crippen LogP contribution < -0.4 is 4.74 Å². The third kappa shape index (κ3) is 8.15. The number of carboxylic acids is 1. The SMILES string of the molecule is O=Cc1ccc(OC(=O)CCCCOC(=O)/C=C/C(=O)O)cc1. The summed E-state index contributed by atoms with van der Waals surface area (Å²) >= 11 is 0. The second kappa shape index (κ2) is 9.88. The van der Waals surface area contributed by atoms with Crippen molar-refractivity contribution < 1.29 is 33.8 Å². The largest absolute Gasteiger partial charge is 0.478 e. The normalized spacial score (nSPS) is 10.3. The Morgan fingerprint density at radius 1 is 1.04 bits per heavy atom. The average molecular weight is 320 g/mol. The molecule has 0 amide bonds. The topological polar surface area (TPSA) is 107 Å². The molecule has 1 aromatic rings. The molecule has 0 bridgehead atoms. The highest BCUT2D eigenvalue weighted by Gasteiger charge is 2.05. The number of benzene rings is 1. The number of ether oxygens (including phenoxy) is 2. The number of esters is 2. The molecule has 23 heavy (non-hydrogen) atoms. The first-order chi connectivity index (χ1) is 11.0. The molecule has 122 valence electrons. The monoisotopic (exact) mass is 320 g/mol. The molecule has 0 aliphatic heterocycles. The van der Waals surface area contributed by atoms with E-state index in [1.807, 2.05) is 0 Å². The van der Waals surface area contributed by atoms with Crippen LogP contribution >= 0.6 is 0 Å². The summed E-state index contributed by atoms with van der Waals surface area (Å²) in [4.78, 5) is 43.3. The van der Waals surface area contributed by atoms with E-state index < -0.39 is 17.9 Å². The Morgan fingerprint density at radius 3 is 2.35 bits per heavy atom. The van der Waals surface area contributed by atoms with Gasteiger partial charge in [0, 0.05) is 24.1 Å². The standard InChI is InChI=1S/C16H16O7/c17-11-12-4-6-13(7-5-12)23-16(21)3-1-2-10-22-15(20)9-8-14(18)19/h4-9,11H,1-3,10H2,(H,18,19)/b9-8+. The summed E-state index contributed by atoms with van der Waals surface area (Å²) in [6.45, 7) is 0.0874. The van der Waals surface area contributed by atoms with Crippen LogP contribution in [0.3, 0.4) is 0 Å². The molecule has 7 heteroatoms. The van der Waals surface area contributed by atoms with Gasteiger partial charge in [0.1, 0.15) is 12.0 Å². The first-order valence-corrected chi connectivity index (χ1v) is 6.85. The fourth-order valence-electron chi connectivity index (χ4n) is 1.53. The van der Waals surface area contributed by atoms with Crippen molar-refractivity contribution >= 4 is 24.2 Å². The summed E-state index contributed by atoms with van der Waals surface area (Å²) in [6, 6.07) is 6.13. The zero-order valence-corrected chi connectivity index (χ0v) is 12.3. The molecule has 0 heterocycles. The van der Waals surface area contributed by atoms with Crippen LogP contribution in [0.15, 0.2) is 36.4 Å². The number of aliphatic carboxylic acids is 1. The van der Waals surface area contributed by atoms with Gasteiger partial charge in [-0.2, -0.15) is 0 Å². The summed E-state index contributed by atoms with van der Waals surface area (Å²) in [5, 5.41) is 8.32. The lowest BCUT2D eigenvalue weighted by molar-refractivity contribution is -0.139. The molecule has 0 fully saturated rings. The highest BCUT2D eigenvalue weighted by molar-refractivity contribution is 5.90. The van der Waals surface area contributed by atoms with Crippen molar-refractivity contribution in [2.24, 2.45) is 0 Å². The molecule has 0 aliphatic rings. The molecule has 0 saturated carbocycles. The Balaban J connectivity index is 2.17. The first-order valence-electron chi connectivity index (χ1n) is 6.85. The fourth-order valence-corrected chi connectivity index (χ4v) is 1.53. The number of carboxylic acid groups (broad SMARTS) is 1. The van der Waals surface area contributed by atoms with E-state index in [1.54, 1.807) is 12.1 Å². The summed E-state index contributed by atoms with van der Waals surface area (Å²) in [6.07, 6.45) is 3.26. The van der Waals surface area contributed by atoms with E-state index >= 15 is 0 Å². The molecule has 0 aliphatic carbocycles. The Bertz CT molecular complexity index is 587. The maximum absolute atomic E-state index is 11.6. The van der Waals surface area contributed by atoms with E-state index in [9.17, 15) is 19.2 Å². The zero-order chi connectivity index (χ0) is 17.1. The van der Waals surface area contributed by atoms with Gasteiger partial charge in [-0.3, -0.25) is 9.59 Å². The lowest BCUT2D eigenvalue weighted by atomic mass is 10.2. The van der Waals surface area contributed by atoms with Crippen molar-refractivity contribution in [2.75, 3.05) is 6.61 Å². The van der Waals surface area contributed by atoms with Crippen LogP contribution in [-0.4, -0.2) is 35.9 Å². The Morgan fingerprint density at radius 2 is 1.74 bits per heavy atom. The molecular weight excluding hydrogens is 304 g/mol. The smallest absolute Gasteiger partial charge is 0.331 e. The van der Waals surface area contributed by atoms with Gasteiger partial charge in [0.25, 0.3) is 0 Å². The van der Waals surface area contributed by atoms with Crippen molar-refractivity contribution in [2.45, 2.75) is 19.3 Å². The number of carbonyl (C=O) groups is 4. The number of hydrogen-bond donors (Lipinski definition) is 1. The van der Waals surface area contributed by atoms with Crippen LogP contribution in [0.4, 0.5) is 0 Å². The quantitative estimate of drug-likeness (QED) is 0.243. The predicted molar refractivity (Wildman–Crippen MR) is 79.1 cm³/mol. The number of rotatable bonds is 9. The van der Waals surface area contributed by atoms with E-state index in [0.717, 1.165) is 6.08 Å². The highest BCUT2D eigenvalue weighted by Crippen LogP contribution is 2.12. The van der Waals surface area contributed by atoms with Crippen LogP contribution in [0.5, 0.6) is 5.75 Å². The number of aldehydes is 1. The second-order valence-corrected chi connectivity index (χ2v) is 4.46. The van der Waals surface area contributed by atoms with Gasteiger partial charge in [-0.25, -0.2) is 9.59 Å². The van der Waals surface area contributed by atoms with Gasteiger partial charge in [0.2, 0.25) is 0 Å². The first kappa shape index (κ1) is 18.1. The molecule has 1 N–H and O–H groups in total. The molecule has 0 radical (unpaired) electrons. The fraction of sp³-hybridized carbons (Fsp3) is 0.250. The van der Waals surface area contributed by atoms with E-state index in [-0.39, 0.29) is 13.0 Å². The number of carbonyl (C=O) groups excluding carboxylic acids is 3. The van der Waals surface area contributed by atoms with Gasteiger partial charge in [0.15, 0.2) is 0 Å². The Labute approximate surface area is 132 Å². The average Bonchev–Trinajstić information content (AvgIpc) is 2.53. The minimum atomic E-state index is -1.23. The summed E-state index contributed by atoms with van der Waals surface area (Å²) in [5.41, 5.74) is 0.489. The van der Waals surface area contributed by atoms with Crippen molar-refractivity contribution in [3.63, 3.8) is 0 Å². The van der Waals surface area contributed by atoms with Crippen molar-refractivity contribution in [3.8, 4) is 5.75 Å². The molecule has 0 atom stereocenters. The van der Waals surface area contributed by atoms with Gasteiger partial charge in [-0.1, -0.05) is 0 Å². The molecule has 0 aromatic heterocycles. The summed E-state index contributed by atoms with van der Waals surface area (Å²) in [5.74, 6) is -2.05. The van der Waals surface area contributed by atoms with Gasteiger partial charge in [-0.05, 0) is 37.1 Å². The van der Waals surface area contributed by atoms with Crippen LogP contribution in [-0.2, 0) is 19.1 Å². The maximum atomic E-state index is 11.6. The molecular formula is C16H16O7. The lowest BCUT2D eigenvalue weighted by Gasteiger charge is -2.04. The van der Waals surface area contributed by atoms with Gasteiger partial charge in [-0.15, -0.1) is 0 Å². The van der Waals surface area contributed by atoms with E-state index in [0.29, 0.717) is 36.5 Å². The van der Waals surface area contributed by atoms with Gasteiger partial charge >= 0.3 is 17.9 Å². The van der Waals surface area contributed by atoms with Crippen LogP contribution in [0.25, 0.3) is 0 Å². The molecule has 0 saturated heterocycles. The van der Waals surface area contributed by atoms with Crippen LogP contribution in [0.2, 0.25) is 0 Å².